The third kappa shape index (κ3) is 1.56. The fourth-order valence-corrected chi connectivity index (χ4v) is 1.18. The van der Waals surface area contributed by atoms with E-state index < -0.39 is 6.29 Å². The average molecular weight is 168 g/mol. The summed E-state index contributed by atoms with van der Waals surface area (Å²) in [6, 6.07) is 0. The quantitative estimate of drug-likeness (QED) is 0.552. The highest BCUT2D eigenvalue weighted by molar-refractivity contribution is 5.99. The minimum Gasteiger partial charge on any atom is -0.464 e. The van der Waals surface area contributed by atoms with Crippen molar-refractivity contribution >= 4 is 5.78 Å². The van der Waals surface area contributed by atoms with E-state index in [9.17, 15) is 4.79 Å². The van der Waals surface area contributed by atoms with Crippen molar-refractivity contribution in [3.8, 4) is 0 Å². The first-order chi connectivity index (χ1) is 5.69. The Morgan fingerprint density at radius 3 is 2.67 bits per heavy atom. The van der Waals surface area contributed by atoms with E-state index in [2.05, 4.69) is 0 Å². The molecule has 1 fully saturated rings. The van der Waals surface area contributed by atoms with Crippen molar-refractivity contribution in [3.05, 3.63) is 23.5 Å². The molecule has 1 atom stereocenters. The molecule has 0 aromatic carbocycles. The second-order valence-corrected chi connectivity index (χ2v) is 2.56. The van der Waals surface area contributed by atoms with E-state index in [-0.39, 0.29) is 12.2 Å². The van der Waals surface area contributed by atoms with Crippen LogP contribution in [0.1, 0.15) is 20.3 Å². The lowest BCUT2D eigenvalue weighted by molar-refractivity contribution is -0.132. The monoisotopic (exact) mass is 168 g/mol. The van der Waals surface area contributed by atoms with Crippen molar-refractivity contribution < 1.29 is 14.6 Å². The Labute approximate surface area is 71.3 Å². The fraction of sp³-hybridized carbons (Fsp3) is 0.444. The number of aliphatic hydroxyl groups is 1. The molecule has 0 amide bonds. The number of aliphatic hydroxyl groups excluding tert-OH is 1. The van der Waals surface area contributed by atoms with Crippen LogP contribution in [0.4, 0.5) is 0 Å². The van der Waals surface area contributed by atoms with Gasteiger partial charge in [-0.15, -0.1) is 0 Å². The van der Waals surface area contributed by atoms with Crippen LogP contribution in [0.15, 0.2) is 23.5 Å². The van der Waals surface area contributed by atoms with Gasteiger partial charge in [0.2, 0.25) is 6.29 Å². The highest BCUT2D eigenvalue weighted by atomic mass is 16.6. The Morgan fingerprint density at radius 2 is 2.17 bits per heavy atom. The summed E-state index contributed by atoms with van der Waals surface area (Å²) in [7, 11) is 0. The van der Waals surface area contributed by atoms with Gasteiger partial charge in [-0.3, -0.25) is 4.79 Å². The van der Waals surface area contributed by atoms with Crippen molar-refractivity contribution in [2.75, 3.05) is 0 Å². The number of carbonyl (C=O) groups excluding carboxylic acids is 1. The zero-order valence-corrected chi connectivity index (χ0v) is 7.20. The Balaban J connectivity index is 2.93. The van der Waals surface area contributed by atoms with Gasteiger partial charge in [0.05, 0.1) is 12.0 Å². The van der Waals surface area contributed by atoms with E-state index in [1.54, 1.807) is 26.0 Å². The fourth-order valence-electron chi connectivity index (χ4n) is 1.18. The van der Waals surface area contributed by atoms with Gasteiger partial charge in [0.15, 0.2) is 5.78 Å². The molecule has 66 valence electrons. The van der Waals surface area contributed by atoms with Crippen LogP contribution in [0.25, 0.3) is 0 Å². The van der Waals surface area contributed by atoms with Crippen LogP contribution in [-0.2, 0) is 9.53 Å². The molecule has 1 saturated heterocycles. The molecule has 1 aliphatic heterocycles. The molecule has 0 spiro atoms. The topological polar surface area (TPSA) is 46.5 Å². The van der Waals surface area contributed by atoms with Gasteiger partial charge in [0, 0.05) is 0 Å². The van der Waals surface area contributed by atoms with Gasteiger partial charge in [-0.1, -0.05) is 6.08 Å². The molecule has 3 nitrogen and oxygen atoms in total. The van der Waals surface area contributed by atoms with Gasteiger partial charge in [0.1, 0.15) is 5.76 Å². The van der Waals surface area contributed by atoms with Crippen LogP contribution in [0, 0.1) is 0 Å². The molecular formula is C9H12O3. The molecule has 0 saturated carbocycles. The van der Waals surface area contributed by atoms with Gasteiger partial charge in [-0.2, -0.15) is 0 Å². The Kier molecular flexibility index (Phi) is 2.65. The van der Waals surface area contributed by atoms with Crippen molar-refractivity contribution in [1.29, 1.82) is 0 Å². The number of allylic oxidation sites excluding steroid dienone is 3. The first kappa shape index (κ1) is 9.00. The van der Waals surface area contributed by atoms with Crippen LogP contribution in [0.2, 0.25) is 0 Å². The lowest BCUT2D eigenvalue weighted by Gasteiger charge is -2.22. The molecule has 3 heteroatoms. The van der Waals surface area contributed by atoms with Gasteiger partial charge < -0.3 is 9.84 Å². The summed E-state index contributed by atoms with van der Waals surface area (Å²) in [6.45, 7) is 3.54. The smallest absolute Gasteiger partial charge is 0.204 e. The summed E-state index contributed by atoms with van der Waals surface area (Å²) in [6.07, 6.45) is 2.45. The molecule has 1 unspecified atom stereocenters. The molecule has 0 radical (unpaired) electrons. The van der Waals surface area contributed by atoms with Crippen molar-refractivity contribution in [3.63, 3.8) is 0 Å². The number of Topliss-reactive ketones (excluding diaryl/α,β-unsaturated/α-hetero) is 1. The molecule has 0 aliphatic carbocycles. The largest absolute Gasteiger partial charge is 0.464 e. The lowest BCUT2D eigenvalue weighted by atomic mass is 10.0. The zero-order chi connectivity index (χ0) is 9.14. The van der Waals surface area contributed by atoms with E-state index in [0.29, 0.717) is 11.3 Å². The van der Waals surface area contributed by atoms with Crippen LogP contribution < -0.4 is 0 Å². The van der Waals surface area contributed by atoms with Gasteiger partial charge in [-0.25, -0.2) is 0 Å². The first-order valence-corrected chi connectivity index (χ1v) is 3.90. The highest BCUT2D eigenvalue weighted by Crippen LogP contribution is 2.23. The number of hydrogen-bond donors (Lipinski definition) is 1. The van der Waals surface area contributed by atoms with E-state index in [4.69, 9.17) is 9.84 Å². The normalized spacial score (nSPS) is 30.9. The van der Waals surface area contributed by atoms with E-state index in [0.717, 1.165) is 0 Å². The van der Waals surface area contributed by atoms with Crippen LogP contribution in [0.5, 0.6) is 0 Å². The van der Waals surface area contributed by atoms with Crippen molar-refractivity contribution in [1.82, 2.24) is 0 Å². The molecule has 0 aromatic heterocycles. The molecule has 0 bridgehead atoms. The summed E-state index contributed by atoms with van der Waals surface area (Å²) >= 11 is 0. The van der Waals surface area contributed by atoms with E-state index in [1.807, 2.05) is 0 Å². The standard InChI is InChI=1S/C9H12O3/c1-3-6-7(10)5-9(11)12-8(6)4-2/h3-4,9,11H,5H2,1-2H3/b6-3-,8-4+. The summed E-state index contributed by atoms with van der Waals surface area (Å²) < 4.78 is 5.04. The van der Waals surface area contributed by atoms with E-state index >= 15 is 0 Å². The summed E-state index contributed by atoms with van der Waals surface area (Å²) in [5, 5.41) is 9.08. The molecule has 12 heavy (non-hydrogen) atoms. The van der Waals surface area contributed by atoms with Gasteiger partial charge in [-0.05, 0) is 19.9 Å². The average Bonchev–Trinajstić information content (AvgIpc) is 2.03. The van der Waals surface area contributed by atoms with E-state index in [1.165, 1.54) is 0 Å². The maximum atomic E-state index is 11.3. The predicted octanol–water partition coefficient (Wildman–Crippen LogP) is 1.14. The third-order valence-electron chi connectivity index (χ3n) is 1.74. The van der Waals surface area contributed by atoms with Gasteiger partial charge >= 0.3 is 0 Å². The van der Waals surface area contributed by atoms with Crippen LogP contribution >= 0.6 is 0 Å². The number of carbonyl (C=O) groups is 1. The zero-order valence-electron chi connectivity index (χ0n) is 7.20. The molecule has 1 aliphatic rings. The van der Waals surface area contributed by atoms with Crippen LogP contribution in [0.3, 0.4) is 0 Å². The third-order valence-corrected chi connectivity index (χ3v) is 1.74. The predicted molar refractivity (Wildman–Crippen MR) is 44.2 cm³/mol. The number of ketones is 1. The summed E-state index contributed by atoms with van der Waals surface area (Å²) in [5.41, 5.74) is 0.558. The number of hydrogen-bond acceptors (Lipinski definition) is 3. The maximum Gasteiger partial charge on any atom is 0.204 e. The summed E-state index contributed by atoms with van der Waals surface area (Å²) in [5.74, 6) is 0.408. The Bertz CT molecular complexity index is 250. The second kappa shape index (κ2) is 3.54. The molecule has 1 rings (SSSR count). The SMILES string of the molecule is C/C=C1/OC(O)CC(=O)/C1=C/C. The van der Waals surface area contributed by atoms with Crippen LogP contribution in [-0.4, -0.2) is 17.2 Å². The van der Waals surface area contributed by atoms with Crippen molar-refractivity contribution in [2.45, 2.75) is 26.6 Å². The molecular weight excluding hydrogens is 156 g/mol. The first-order valence-electron chi connectivity index (χ1n) is 3.90. The van der Waals surface area contributed by atoms with Gasteiger partial charge in [0.25, 0.3) is 0 Å². The number of rotatable bonds is 0. The minimum absolute atomic E-state index is 0.0526. The number of ether oxygens (including phenoxy) is 1. The van der Waals surface area contributed by atoms with Crippen molar-refractivity contribution in [2.24, 2.45) is 0 Å². The second-order valence-electron chi connectivity index (χ2n) is 2.56. The molecule has 1 heterocycles. The molecule has 1 N–H and O–H groups in total. The Morgan fingerprint density at radius 1 is 1.50 bits per heavy atom. The molecule has 0 aromatic rings. The maximum absolute atomic E-state index is 11.3. The summed E-state index contributed by atoms with van der Waals surface area (Å²) in [4.78, 5) is 11.3. The lowest BCUT2D eigenvalue weighted by Crippen LogP contribution is -2.25. The highest BCUT2D eigenvalue weighted by Gasteiger charge is 2.26. The Hall–Kier alpha value is -1.09. The minimum atomic E-state index is -0.979.